The van der Waals surface area contributed by atoms with E-state index in [1.165, 1.54) is 47.0 Å². The van der Waals surface area contributed by atoms with Crippen molar-refractivity contribution in [3.05, 3.63) is 52.8 Å². The van der Waals surface area contributed by atoms with Crippen LogP contribution in [0.3, 0.4) is 0 Å². The van der Waals surface area contributed by atoms with Gasteiger partial charge in [-0.15, -0.1) is 0 Å². The zero-order chi connectivity index (χ0) is 25.4. The molecule has 1 spiro atoms. The number of benzene rings is 1. The highest BCUT2D eigenvalue weighted by molar-refractivity contribution is 5.78. The number of aromatic nitrogens is 2. The number of nitrogens with zero attached hydrogens (tertiary/aromatic N) is 3. The maximum atomic E-state index is 14.1. The number of aliphatic hydroxyl groups is 1. The quantitative estimate of drug-likeness (QED) is 0.632. The third kappa shape index (κ3) is 5.12. The van der Waals surface area contributed by atoms with E-state index in [9.17, 15) is 32.3 Å². The van der Waals surface area contributed by atoms with Gasteiger partial charge in [0, 0.05) is 36.1 Å². The first-order valence-electron chi connectivity index (χ1n) is 11.8. The molecular weight excluding hydrogens is 466 g/mol. The average Bonchev–Trinajstić information content (AvgIpc) is 3.26. The molecule has 10 heteroatoms. The first-order valence-corrected chi connectivity index (χ1v) is 11.8. The van der Waals surface area contributed by atoms with Gasteiger partial charge in [0.2, 0.25) is 5.91 Å². The van der Waals surface area contributed by atoms with Crippen LogP contribution in [0.25, 0.3) is 11.3 Å². The van der Waals surface area contributed by atoms with Crippen molar-refractivity contribution in [3.63, 3.8) is 0 Å². The van der Waals surface area contributed by atoms with Crippen LogP contribution >= 0.6 is 0 Å². The molecule has 2 aromatic rings. The van der Waals surface area contributed by atoms with E-state index in [0.717, 1.165) is 12.8 Å². The number of amides is 1. The molecule has 1 saturated carbocycles. The van der Waals surface area contributed by atoms with Gasteiger partial charge in [-0.3, -0.25) is 14.2 Å². The van der Waals surface area contributed by atoms with Gasteiger partial charge < -0.3 is 10.0 Å². The number of likely N-dealkylation sites (tertiary alicyclic amines) is 1. The number of hydrogen-bond donors (Lipinski definition) is 1. The third-order valence-corrected chi connectivity index (χ3v) is 7.57. The van der Waals surface area contributed by atoms with Crippen molar-refractivity contribution in [2.45, 2.75) is 63.8 Å². The van der Waals surface area contributed by atoms with Gasteiger partial charge in [-0.2, -0.15) is 13.2 Å². The number of piperidine rings is 1. The van der Waals surface area contributed by atoms with Crippen LogP contribution in [0, 0.1) is 17.2 Å². The average molecular weight is 496 g/mol. The minimum atomic E-state index is -4.43. The Bertz CT molecular complexity index is 1140. The van der Waals surface area contributed by atoms with Crippen LogP contribution in [0.4, 0.5) is 17.6 Å². The van der Waals surface area contributed by atoms with Gasteiger partial charge in [0.05, 0.1) is 30.6 Å². The molecule has 1 N–H and O–H groups in total. The Kier molecular flexibility index (Phi) is 6.78. The van der Waals surface area contributed by atoms with Gasteiger partial charge in [0.1, 0.15) is 5.82 Å². The van der Waals surface area contributed by atoms with Gasteiger partial charge >= 0.3 is 6.18 Å². The molecule has 2 unspecified atom stereocenters. The topological polar surface area (TPSA) is 75.4 Å². The van der Waals surface area contributed by atoms with Crippen LogP contribution in [-0.2, 0) is 11.3 Å². The minimum Gasteiger partial charge on any atom is -0.387 e. The standard InChI is InChI=1S/C25H29F4N3O3/c1-17(13-25(27,28)29)22(34)31-11-10-24(35,23(14-31)8-4-5-9-23)15-32-16-30-20(12-21(32)33)18-6-2-3-7-19(18)26/h2-3,6-7,12,16-17,35H,4-5,8-11,13-15H2,1H3. The molecule has 1 saturated heterocycles. The van der Waals surface area contributed by atoms with Crippen LogP contribution in [0.5, 0.6) is 0 Å². The highest BCUT2D eigenvalue weighted by atomic mass is 19.4. The molecule has 4 rings (SSSR count). The predicted molar refractivity (Wildman–Crippen MR) is 121 cm³/mol. The van der Waals surface area contributed by atoms with Gasteiger partial charge in [-0.05, 0) is 31.4 Å². The van der Waals surface area contributed by atoms with E-state index >= 15 is 0 Å². The minimum absolute atomic E-state index is 0.0590. The van der Waals surface area contributed by atoms with Crippen molar-refractivity contribution in [2.24, 2.45) is 11.3 Å². The molecule has 190 valence electrons. The Morgan fingerprint density at radius 1 is 1.20 bits per heavy atom. The van der Waals surface area contributed by atoms with Crippen LogP contribution in [0.15, 0.2) is 41.5 Å². The summed E-state index contributed by atoms with van der Waals surface area (Å²) in [4.78, 5) is 31.3. The molecule has 1 aliphatic heterocycles. The Hall–Kier alpha value is -2.75. The van der Waals surface area contributed by atoms with Crippen LogP contribution in [0.1, 0.15) is 45.4 Å². The Labute approximate surface area is 200 Å². The summed E-state index contributed by atoms with van der Waals surface area (Å²) < 4.78 is 53.9. The number of rotatable bonds is 5. The van der Waals surface area contributed by atoms with Crippen LogP contribution in [-0.4, -0.2) is 50.3 Å². The normalized spacial score (nSPS) is 23.0. The maximum Gasteiger partial charge on any atom is 0.389 e. The summed E-state index contributed by atoms with van der Waals surface area (Å²) >= 11 is 0. The Morgan fingerprint density at radius 3 is 2.51 bits per heavy atom. The fourth-order valence-electron chi connectivity index (χ4n) is 5.68. The third-order valence-electron chi connectivity index (χ3n) is 7.57. The van der Waals surface area contributed by atoms with E-state index in [2.05, 4.69) is 4.98 Å². The summed E-state index contributed by atoms with van der Waals surface area (Å²) in [5.74, 6) is -2.27. The molecule has 1 amide bonds. The molecule has 6 nitrogen and oxygen atoms in total. The zero-order valence-corrected chi connectivity index (χ0v) is 19.5. The summed E-state index contributed by atoms with van der Waals surface area (Å²) in [6.07, 6.45) is -1.34. The second-order valence-electron chi connectivity index (χ2n) is 9.97. The second kappa shape index (κ2) is 9.37. The Balaban J connectivity index is 1.56. The number of carbonyl (C=O) groups excluding carboxylic acids is 1. The van der Waals surface area contributed by atoms with Crippen LogP contribution < -0.4 is 5.56 Å². The van der Waals surface area contributed by atoms with Gasteiger partial charge in [0.15, 0.2) is 0 Å². The van der Waals surface area contributed by atoms with Gasteiger partial charge in [-0.1, -0.05) is 31.9 Å². The van der Waals surface area contributed by atoms with E-state index in [1.807, 2.05) is 0 Å². The predicted octanol–water partition coefficient (Wildman–Crippen LogP) is 4.16. The number of alkyl halides is 3. The monoisotopic (exact) mass is 495 g/mol. The molecule has 0 radical (unpaired) electrons. The highest BCUT2D eigenvalue weighted by Gasteiger charge is 2.56. The molecule has 2 atom stereocenters. The van der Waals surface area contributed by atoms with Crippen molar-refractivity contribution in [1.29, 1.82) is 0 Å². The van der Waals surface area contributed by atoms with Crippen molar-refractivity contribution >= 4 is 5.91 Å². The van der Waals surface area contributed by atoms with Crippen molar-refractivity contribution in [3.8, 4) is 11.3 Å². The molecule has 2 aliphatic rings. The van der Waals surface area contributed by atoms with Gasteiger partial charge in [-0.25, -0.2) is 9.37 Å². The summed E-state index contributed by atoms with van der Waals surface area (Å²) in [6.45, 7) is 1.48. The van der Waals surface area contributed by atoms with Gasteiger partial charge in [0.25, 0.3) is 5.56 Å². The second-order valence-corrected chi connectivity index (χ2v) is 9.97. The molecular formula is C25H29F4N3O3. The molecule has 35 heavy (non-hydrogen) atoms. The van der Waals surface area contributed by atoms with E-state index in [0.29, 0.717) is 12.8 Å². The number of halogens is 4. The SMILES string of the molecule is CC(CC(F)(F)F)C(=O)N1CCC(O)(Cn2cnc(-c3ccccc3F)cc2=O)C2(CCCC2)C1. The highest BCUT2D eigenvalue weighted by Crippen LogP contribution is 2.51. The maximum absolute atomic E-state index is 14.1. The molecule has 0 bridgehead atoms. The molecule has 1 aromatic heterocycles. The molecule has 1 aliphatic carbocycles. The van der Waals surface area contributed by atoms with Crippen LogP contribution in [0.2, 0.25) is 0 Å². The molecule has 2 heterocycles. The van der Waals surface area contributed by atoms with E-state index < -0.39 is 46.8 Å². The number of carbonyl (C=O) groups is 1. The lowest BCUT2D eigenvalue weighted by atomic mass is 9.65. The lowest BCUT2D eigenvalue weighted by Crippen LogP contribution is -2.62. The smallest absolute Gasteiger partial charge is 0.387 e. The largest absolute Gasteiger partial charge is 0.389 e. The fourth-order valence-corrected chi connectivity index (χ4v) is 5.68. The summed E-state index contributed by atoms with van der Waals surface area (Å²) in [5, 5.41) is 11.8. The van der Waals surface area contributed by atoms with E-state index in [-0.39, 0.29) is 37.3 Å². The zero-order valence-electron chi connectivity index (χ0n) is 19.5. The van der Waals surface area contributed by atoms with E-state index in [4.69, 9.17) is 0 Å². The summed E-state index contributed by atoms with van der Waals surface area (Å²) in [7, 11) is 0. The number of hydrogen-bond acceptors (Lipinski definition) is 4. The molecule has 2 fully saturated rings. The first-order chi connectivity index (χ1) is 16.4. The lowest BCUT2D eigenvalue weighted by molar-refractivity contribution is -0.172. The molecule has 1 aromatic carbocycles. The first kappa shape index (κ1) is 25.3. The van der Waals surface area contributed by atoms with Crippen molar-refractivity contribution in [1.82, 2.24) is 14.5 Å². The lowest BCUT2D eigenvalue weighted by Gasteiger charge is -2.52. The van der Waals surface area contributed by atoms with Crippen molar-refractivity contribution in [2.75, 3.05) is 13.1 Å². The van der Waals surface area contributed by atoms with Crippen molar-refractivity contribution < 1.29 is 27.5 Å². The fraction of sp³-hybridized carbons (Fsp3) is 0.560. The van der Waals surface area contributed by atoms with E-state index in [1.54, 1.807) is 6.07 Å². The summed E-state index contributed by atoms with van der Waals surface area (Å²) in [5.41, 5.74) is -2.12. The Morgan fingerprint density at radius 2 is 1.89 bits per heavy atom. The summed E-state index contributed by atoms with van der Waals surface area (Å²) in [6, 6.07) is 7.20.